The van der Waals surface area contributed by atoms with E-state index < -0.39 is 10.0 Å². The molecule has 0 aliphatic heterocycles. The lowest BCUT2D eigenvalue weighted by molar-refractivity contribution is 0.465. The summed E-state index contributed by atoms with van der Waals surface area (Å²) < 4.78 is 27.1. The molecule has 4 nitrogen and oxygen atoms in total. The second kappa shape index (κ2) is 6.90. The van der Waals surface area contributed by atoms with Crippen molar-refractivity contribution in [2.75, 3.05) is 6.54 Å². The predicted octanol–water partition coefficient (Wildman–Crippen LogP) is 2.65. The van der Waals surface area contributed by atoms with Crippen LogP contribution in [0, 0.1) is 5.92 Å². The van der Waals surface area contributed by atoms with Crippen LogP contribution in [0.5, 0.6) is 0 Å². The summed E-state index contributed by atoms with van der Waals surface area (Å²) in [5.41, 5.74) is 5.59. The zero-order valence-electron chi connectivity index (χ0n) is 10.9. The molecule has 0 heterocycles. The van der Waals surface area contributed by atoms with Gasteiger partial charge in [-0.3, -0.25) is 0 Å². The third-order valence-corrected chi connectivity index (χ3v) is 5.02. The summed E-state index contributed by atoms with van der Waals surface area (Å²) >= 11 is 11.8. The minimum atomic E-state index is -3.77. The van der Waals surface area contributed by atoms with Crippen molar-refractivity contribution in [3.8, 4) is 0 Å². The molecule has 0 radical (unpaired) electrons. The van der Waals surface area contributed by atoms with Gasteiger partial charge in [0.15, 0.2) is 0 Å². The fourth-order valence-electron chi connectivity index (χ4n) is 1.78. The monoisotopic (exact) mass is 324 g/mol. The highest BCUT2D eigenvalue weighted by molar-refractivity contribution is 7.89. The van der Waals surface area contributed by atoms with E-state index in [0.717, 1.165) is 0 Å². The van der Waals surface area contributed by atoms with Crippen LogP contribution in [0.15, 0.2) is 23.1 Å². The maximum atomic E-state index is 12.3. The first-order valence-electron chi connectivity index (χ1n) is 5.94. The van der Waals surface area contributed by atoms with Gasteiger partial charge in [0.05, 0.1) is 10.0 Å². The summed E-state index contributed by atoms with van der Waals surface area (Å²) in [5, 5.41) is 0.195. The molecule has 0 aliphatic rings. The Morgan fingerprint density at radius 3 is 2.21 bits per heavy atom. The molecule has 1 aromatic rings. The van der Waals surface area contributed by atoms with Crippen LogP contribution < -0.4 is 10.5 Å². The van der Waals surface area contributed by atoms with Crippen molar-refractivity contribution in [3.63, 3.8) is 0 Å². The lowest BCUT2D eigenvalue weighted by Gasteiger charge is -2.19. The first-order chi connectivity index (χ1) is 8.77. The Bertz CT molecular complexity index is 512. The van der Waals surface area contributed by atoms with E-state index in [4.69, 9.17) is 28.9 Å². The van der Waals surface area contributed by atoms with Crippen molar-refractivity contribution in [1.82, 2.24) is 4.72 Å². The standard InChI is InChI=1S/C12H18Cl2N2O2S/c1-8(2)6-9(7-15)16-19(17,18)12-10(13)4-3-5-11(12)14/h3-5,8-9,16H,6-7,15H2,1-2H3. The average Bonchev–Trinajstić information content (AvgIpc) is 2.26. The van der Waals surface area contributed by atoms with Crippen molar-refractivity contribution < 1.29 is 8.42 Å². The SMILES string of the molecule is CC(C)CC(CN)NS(=O)(=O)c1c(Cl)cccc1Cl. The van der Waals surface area contributed by atoms with Gasteiger partial charge in [0.2, 0.25) is 10.0 Å². The van der Waals surface area contributed by atoms with Gasteiger partial charge in [0, 0.05) is 12.6 Å². The number of hydrogen-bond acceptors (Lipinski definition) is 3. The number of benzene rings is 1. The van der Waals surface area contributed by atoms with Gasteiger partial charge in [-0.2, -0.15) is 0 Å². The van der Waals surface area contributed by atoms with Crippen LogP contribution in [0.3, 0.4) is 0 Å². The Hall–Kier alpha value is -0.330. The van der Waals surface area contributed by atoms with Crippen molar-refractivity contribution in [3.05, 3.63) is 28.2 Å². The van der Waals surface area contributed by atoms with Crippen LogP contribution in [0.25, 0.3) is 0 Å². The molecule has 3 N–H and O–H groups in total. The highest BCUT2D eigenvalue weighted by Crippen LogP contribution is 2.29. The van der Waals surface area contributed by atoms with Gasteiger partial charge in [-0.15, -0.1) is 0 Å². The number of nitrogens with one attached hydrogen (secondary N) is 1. The average molecular weight is 325 g/mol. The maximum Gasteiger partial charge on any atom is 0.243 e. The summed E-state index contributed by atoms with van der Waals surface area (Å²) in [4.78, 5) is -0.0967. The first-order valence-corrected chi connectivity index (χ1v) is 8.18. The Balaban J connectivity index is 3.04. The van der Waals surface area contributed by atoms with Crippen molar-refractivity contribution in [2.45, 2.75) is 31.2 Å². The van der Waals surface area contributed by atoms with Crippen molar-refractivity contribution in [1.29, 1.82) is 0 Å². The maximum absolute atomic E-state index is 12.3. The second-order valence-corrected chi connectivity index (χ2v) is 7.20. The van der Waals surface area contributed by atoms with E-state index in [1.54, 1.807) is 6.07 Å². The molecule has 0 fully saturated rings. The molecule has 19 heavy (non-hydrogen) atoms. The minimum absolute atomic E-state index is 0.0967. The first kappa shape index (κ1) is 16.7. The summed E-state index contributed by atoms with van der Waals surface area (Å²) in [7, 11) is -3.77. The van der Waals surface area contributed by atoms with Gasteiger partial charge in [0.25, 0.3) is 0 Å². The molecular weight excluding hydrogens is 307 g/mol. The molecule has 0 aliphatic carbocycles. The normalized spacial score (nSPS) is 13.8. The summed E-state index contributed by atoms with van der Waals surface area (Å²) in [6, 6.07) is 4.24. The summed E-state index contributed by atoms with van der Waals surface area (Å²) in [5.74, 6) is 0.331. The van der Waals surface area contributed by atoms with Gasteiger partial charge in [-0.1, -0.05) is 43.1 Å². The summed E-state index contributed by atoms with van der Waals surface area (Å²) in [6.45, 7) is 4.22. The topological polar surface area (TPSA) is 72.2 Å². The quantitative estimate of drug-likeness (QED) is 0.844. The number of nitrogens with two attached hydrogens (primary N) is 1. The number of halogens is 2. The molecule has 1 aromatic carbocycles. The fourth-order valence-corrected chi connectivity index (χ4v) is 4.18. The van der Waals surface area contributed by atoms with E-state index in [0.29, 0.717) is 12.3 Å². The molecule has 1 atom stereocenters. The molecule has 108 valence electrons. The van der Waals surface area contributed by atoms with Gasteiger partial charge in [0.1, 0.15) is 4.90 Å². The van der Waals surface area contributed by atoms with Gasteiger partial charge < -0.3 is 5.73 Å². The van der Waals surface area contributed by atoms with E-state index in [2.05, 4.69) is 4.72 Å². The number of hydrogen-bond donors (Lipinski definition) is 2. The molecule has 0 bridgehead atoms. The fraction of sp³-hybridized carbons (Fsp3) is 0.500. The lowest BCUT2D eigenvalue weighted by Crippen LogP contribution is -2.41. The number of rotatable bonds is 6. The van der Waals surface area contributed by atoms with Crippen LogP contribution in [-0.2, 0) is 10.0 Å². The van der Waals surface area contributed by atoms with E-state index in [1.165, 1.54) is 12.1 Å². The Labute approximate surface area is 124 Å². The minimum Gasteiger partial charge on any atom is -0.329 e. The molecular formula is C12H18Cl2N2O2S. The largest absolute Gasteiger partial charge is 0.329 e. The molecule has 0 amide bonds. The van der Waals surface area contributed by atoms with Crippen molar-refractivity contribution in [2.24, 2.45) is 11.7 Å². The smallest absolute Gasteiger partial charge is 0.243 e. The molecule has 0 spiro atoms. The molecule has 0 saturated heterocycles. The Kier molecular flexibility index (Phi) is 6.08. The van der Waals surface area contributed by atoms with Crippen LogP contribution in [0.1, 0.15) is 20.3 Å². The predicted molar refractivity (Wildman–Crippen MR) is 79.1 cm³/mol. The van der Waals surface area contributed by atoms with Crippen molar-refractivity contribution >= 4 is 33.2 Å². The molecule has 1 rings (SSSR count). The molecule has 0 saturated carbocycles. The summed E-state index contributed by atoms with van der Waals surface area (Å²) in [6.07, 6.45) is 0.651. The van der Waals surface area contributed by atoms with Gasteiger partial charge in [-0.25, -0.2) is 13.1 Å². The zero-order chi connectivity index (χ0) is 14.6. The van der Waals surface area contributed by atoms with Gasteiger partial charge in [-0.05, 0) is 24.5 Å². The third-order valence-electron chi connectivity index (χ3n) is 2.55. The van der Waals surface area contributed by atoms with Crippen LogP contribution >= 0.6 is 23.2 Å². The highest BCUT2D eigenvalue weighted by atomic mass is 35.5. The van der Waals surface area contributed by atoms with Crippen LogP contribution in [0.4, 0.5) is 0 Å². The van der Waals surface area contributed by atoms with E-state index >= 15 is 0 Å². The van der Waals surface area contributed by atoms with Gasteiger partial charge >= 0.3 is 0 Å². The Morgan fingerprint density at radius 2 is 1.79 bits per heavy atom. The van der Waals surface area contributed by atoms with Crippen LogP contribution in [-0.4, -0.2) is 21.0 Å². The molecule has 1 unspecified atom stereocenters. The van der Waals surface area contributed by atoms with Crippen LogP contribution in [0.2, 0.25) is 10.0 Å². The third kappa shape index (κ3) is 4.61. The highest BCUT2D eigenvalue weighted by Gasteiger charge is 2.24. The lowest BCUT2D eigenvalue weighted by atomic mass is 10.1. The molecule has 0 aromatic heterocycles. The second-order valence-electron chi connectivity index (χ2n) is 4.73. The zero-order valence-corrected chi connectivity index (χ0v) is 13.2. The van der Waals surface area contributed by atoms with E-state index in [-0.39, 0.29) is 27.5 Å². The number of sulfonamides is 1. The molecule has 7 heteroatoms. The van der Waals surface area contributed by atoms with E-state index in [1.807, 2.05) is 13.8 Å². The van der Waals surface area contributed by atoms with E-state index in [9.17, 15) is 8.42 Å². The Morgan fingerprint density at radius 1 is 1.26 bits per heavy atom.